The largest absolute Gasteiger partial charge is 0.477 e. The number of carboxylic acids is 1. The van der Waals surface area contributed by atoms with Gasteiger partial charge in [-0.3, -0.25) is 19.6 Å². The minimum atomic E-state index is -1.24. The molecular formula is C34H22F4N2O6S2. The highest BCUT2D eigenvalue weighted by Gasteiger charge is 2.26. The Hall–Kier alpha value is -5.34. The highest BCUT2D eigenvalue weighted by Crippen LogP contribution is 2.39. The van der Waals surface area contributed by atoms with Gasteiger partial charge in [0.1, 0.15) is 33.0 Å². The predicted molar refractivity (Wildman–Crippen MR) is 173 cm³/mol. The molecule has 0 amide bonds. The molecule has 244 valence electrons. The molecule has 0 aliphatic rings. The van der Waals surface area contributed by atoms with Crippen LogP contribution in [-0.2, 0) is 4.74 Å². The number of fused-ring (bicyclic) bond motifs is 2. The van der Waals surface area contributed by atoms with Crippen LogP contribution in [0.3, 0.4) is 0 Å². The van der Waals surface area contributed by atoms with Crippen molar-refractivity contribution in [2.75, 3.05) is 6.61 Å². The fraction of sp³-hybridized carbons (Fsp3) is 0.118. The molecule has 1 N–H and O–H groups in total. The van der Waals surface area contributed by atoms with Crippen LogP contribution in [0.25, 0.3) is 42.7 Å². The van der Waals surface area contributed by atoms with Crippen LogP contribution in [0.4, 0.5) is 17.6 Å². The first-order valence-electron chi connectivity index (χ1n) is 14.0. The summed E-state index contributed by atoms with van der Waals surface area (Å²) in [5.74, 6) is -5.53. The van der Waals surface area contributed by atoms with Crippen LogP contribution in [0.2, 0.25) is 0 Å². The first-order chi connectivity index (χ1) is 22.8. The average Bonchev–Trinajstić information content (AvgIpc) is 3.60. The summed E-state index contributed by atoms with van der Waals surface area (Å²) in [6, 6.07) is 9.32. The topological polar surface area (TPSA) is 124 Å². The number of ketones is 2. The third-order valence-electron chi connectivity index (χ3n) is 6.85. The number of benzene rings is 2. The molecule has 0 bridgehead atoms. The summed E-state index contributed by atoms with van der Waals surface area (Å²) >= 11 is 1.90. The van der Waals surface area contributed by atoms with E-state index in [2.05, 4.69) is 9.97 Å². The van der Waals surface area contributed by atoms with Crippen molar-refractivity contribution in [3.63, 3.8) is 0 Å². The van der Waals surface area contributed by atoms with Crippen molar-refractivity contribution in [3.8, 4) is 22.3 Å². The van der Waals surface area contributed by atoms with Crippen molar-refractivity contribution in [1.29, 1.82) is 0 Å². The second-order valence-electron chi connectivity index (χ2n) is 10.1. The number of hydrogen-bond acceptors (Lipinski definition) is 9. The van der Waals surface area contributed by atoms with Crippen molar-refractivity contribution in [2.45, 2.75) is 20.8 Å². The minimum Gasteiger partial charge on any atom is -0.477 e. The number of rotatable bonds is 7. The van der Waals surface area contributed by atoms with Crippen molar-refractivity contribution in [1.82, 2.24) is 9.97 Å². The molecule has 0 unspecified atom stereocenters. The Bertz CT molecular complexity index is 2240. The molecule has 0 saturated carbocycles. The Morgan fingerprint density at radius 3 is 1.46 bits per heavy atom. The summed E-state index contributed by atoms with van der Waals surface area (Å²) in [7, 11) is 0. The Morgan fingerprint density at radius 1 is 0.688 bits per heavy atom. The van der Waals surface area contributed by atoms with Crippen LogP contribution in [0, 0.1) is 23.3 Å². The zero-order valence-electron chi connectivity index (χ0n) is 25.2. The lowest BCUT2D eigenvalue weighted by molar-refractivity contribution is 0.0528. The number of carboxylic acid groups (broad SMARTS) is 1. The summed E-state index contributed by atoms with van der Waals surface area (Å²) in [4.78, 5) is 55.6. The normalized spacial score (nSPS) is 10.9. The van der Waals surface area contributed by atoms with Gasteiger partial charge >= 0.3 is 11.9 Å². The standard InChI is InChI=1S/C18H13F2NO3S.C16H9F2NO3S/c1-3-24-18(23)17-14(9(2)22)15-16(25-17)13(4-5-21-15)10-6-11(19)8-12(20)7-10;1-7(20)12-13-14(23-15(12)16(21)22)11(2-3-19-13)8-4-9(17)6-10(18)5-8/h4-8H,3H2,1-2H3;2-6H,1H3,(H,21,22). The first-order valence-corrected chi connectivity index (χ1v) is 15.6. The van der Waals surface area contributed by atoms with Gasteiger partial charge in [-0.1, -0.05) is 0 Å². The van der Waals surface area contributed by atoms with Crippen molar-refractivity contribution < 1.29 is 46.6 Å². The van der Waals surface area contributed by atoms with E-state index in [-0.39, 0.29) is 44.4 Å². The number of Topliss-reactive ketones (excluding diaryl/α,β-unsaturated/α-hetero) is 2. The first kappa shape index (κ1) is 34.0. The van der Waals surface area contributed by atoms with Crippen molar-refractivity contribution in [3.05, 3.63) is 105 Å². The maximum atomic E-state index is 13.6. The molecule has 48 heavy (non-hydrogen) atoms. The van der Waals surface area contributed by atoms with E-state index in [9.17, 15) is 41.8 Å². The van der Waals surface area contributed by atoms with Gasteiger partial charge in [0.05, 0.1) is 38.2 Å². The third kappa shape index (κ3) is 6.71. The lowest BCUT2D eigenvalue weighted by Gasteiger charge is -2.04. The molecule has 0 saturated heterocycles. The molecule has 14 heteroatoms. The average molecular weight is 695 g/mol. The van der Waals surface area contributed by atoms with E-state index in [1.54, 1.807) is 13.0 Å². The number of ether oxygens (including phenoxy) is 1. The van der Waals surface area contributed by atoms with Gasteiger partial charge in [-0.2, -0.15) is 0 Å². The van der Waals surface area contributed by atoms with Crippen molar-refractivity contribution in [2.24, 2.45) is 0 Å². The quantitative estimate of drug-likeness (QED) is 0.1000. The van der Waals surface area contributed by atoms with Gasteiger partial charge < -0.3 is 9.84 Å². The van der Waals surface area contributed by atoms with Gasteiger partial charge in [0.25, 0.3) is 0 Å². The maximum absolute atomic E-state index is 13.6. The van der Waals surface area contributed by atoms with E-state index in [4.69, 9.17) is 4.74 Å². The molecule has 0 radical (unpaired) electrons. The Morgan fingerprint density at radius 2 is 1.08 bits per heavy atom. The van der Waals surface area contributed by atoms with Gasteiger partial charge in [0.15, 0.2) is 11.6 Å². The molecular weight excluding hydrogens is 673 g/mol. The molecule has 6 aromatic rings. The molecule has 4 heterocycles. The molecule has 0 atom stereocenters. The Balaban J connectivity index is 0.000000188. The Labute approximate surface area is 277 Å². The fourth-order valence-electron chi connectivity index (χ4n) is 5.00. The second-order valence-corrected chi connectivity index (χ2v) is 12.2. The van der Waals surface area contributed by atoms with Crippen LogP contribution in [0.1, 0.15) is 60.8 Å². The number of pyridine rings is 2. The summed E-state index contributed by atoms with van der Waals surface area (Å²) in [6.45, 7) is 4.42. The summed E-state index contributed by atoms with van der Waals surface area (Å²) in [6.07, 6.45) is 2.82. The van der Waals surface area contributed by atoms with Crippen LogP contribution in [0.15, 0.2) is 60.9 Å². The molecule has 4 aromatic heterocycles. The lowest BCUT2D eigenvalue weighted by Crippen LogP contribution is -2.07. The number of esters is 1. The molecule has 6 rings (SSSR count). The smallest absolute Gasteiger partial charge is 0.349 e. The van der Waals surface area contributed by atoms with Crippen LogP contribution in [-0.4, -0.2) is 45.2 Å². The van der Waals surface area contributed by atoms with E-state index < -0.39 is 41.0 Å². The van der Waals surface area contributed by atoms with Gasteiger partial charge in [-0.15, -0.1) is 22.7 Å². The predicted octanol–water partition coefficient (Wildman–Crippen LogP) is 8.76. The molecule has 0 fully saturated rings. The highest BCUT2D eigenvalue weighted by atomic mass is 32.1. The van der Waals surface area contributed by atoms with Gasteiger partial charge in [-0.25, -0.2) is 27.2 Å². The zero-order valence-corrected chi connectivity index (χ0v) is 26.8. The number of hydrogen-bond donors (Lipinski definition) is 1. The second kappa shape index (κ2) is 13.8. The maximum Gasteiger partial charge on any atom is 0.349 e. The van der Waals surface area contributed by atoms with Crippen molar-refractivity contribution >= 4 is 66.6 Å². The van der Waals surface area contributed by atoms with E-state index >= 15 is 0 Å². The molecule has 8 nitrogen and oxygen atoms in total. The van der Waals surface area contributed by atoms with Crippen LogP contribution < -0.4 is 0 Å². The monoisotopic (exact) mass is 694 g/mol. The number of nitrogens with zero attached hydrogens (tertiary/aromatic N) is 2. The number of carbonyl (C=O) groups is 4. The van der Waals surface area contributed by atoms with E-state index in [1.165, 1.54) is 44.4 Å². The molecule has 0 aliphatic carbocycles. The summed E-state index contributed by atoms with van der Waals surface area (Å²) in [5, 5.41) is 9.28. The van der Waals surface area contributed by atoms with E-state index in [0.717, 1.165) is 46.9 Å². The summed E-state index contributed by atoms with van der Waals surface area (Å²) in [5.41, 5.74) is 2.19. The van der Waals surface area contributed by atoms with Gasteiger partial charge in [-0.05, 0) is 68.3 Å². The molecule has 0 spiro atoms. The van der Waals surface area contributed by atoms with E-state index in [0.29, 0.717) is 31.6 Å². The fourth-order valence-corrected chi connectivity index (χ4v) is 7.42. The number of carbonyl (C=O) groups excluding carboxylic acids is 3. The number of aromatic nitrogens is 2. The van der Waals surface area contributed by atoms with Gasteiger partial charge in [0, 0.05) is 35.7 Å². The third-order valence-corrected chi connectivity index (χ3v) is 9.24. The SMILES string of the molecule is CC(=O)c1c(C(=O)O)sc2c(-c3cc(F)cc(F)c3)ccnc12.CCOC(=O)c1sc2c(-c3cc(F)cc(F)c3)ccnc2c1C(C)=O. The number of halogens is 4. The summed E-state index contributed by atoms with van der Waals surface area (Å²) < 4.78 is 60.0. The minimum absolute atomic E-state index is 0.0104. The Kier molecular flexibility index (Phi) is 9.77. The molecule has 0 aliphatic heterocycles. The lowest BCUT2D eigenvalue weighted by atomic mass is 10.0. The molecule has 2 aromatic carbocycles. The number of thiophene rings is 2. The van der Waals surface area contributed by atoms with Gasteiger partial charge in [0.2, 0.25) is 0 Å². The van der Waals surface area contributed by atoms with Crippen LogP contribution >= 0.6 is 22.7 Å². The number of aromatic carboxylic acids is 1. The zero-order chi connectivity index (χ0) is 34.9. The highest BCUT2D eigenvalue weighted by molar-refractivity contribution is 7.22. The van der Waals surface area contributed by atoms with Crippen LogP contribution in [0.5, 0.6) is 0 Å². The van der Waals surface area contributed by atoms with E-state index in [1.807, 2.05) is 0 Å².